The van der Waals surface area contributed by atoms with Crippen LogP contribution in [-0.4, -0.2) is 67.3 Å². The summed E-state index contributed by atoms with van der Waals surface area (Å²) >= 11 is 1.80. The predicted octanol–water partition coefficient (Wildman–Crippen LogP) is 3.29. The number of carbonyl (C=O) groups excluding carboxylic acids is 2. The number of anilines is 2. The third kappa shape index (κ3) is 8.26. The molecule has 1 aliphatic rings. The van der Waals surface area contributed by atoms with Gasteiger partial charge in [0.15, 0.2) is 0 Å². The molecule has 0 unspecified atom stereocenters. The fourth-order valence-electron chi connectivity index (χ4n) is 4.26. The van der Waals surface area contributed by atoms with Crippen molar-refractivity contribution in [2.75, 3.05) is 48.4 Å². The maximum absolute atomic E-state index is 13.4. The third-order valence-electron chi connectivity index (χ3n) is 6.08. The van der Waals surface area contributed by atoms with E-state index in [0.717, 1.165) is 42.1 Å². The van der Waals surface area contributed by atoms with Crippen molar-refractivity contribution in [1.82, 2.24) is 10.6 Å². The summed E-state index contributed by atoms with van der Waals surface area (Å²) in [4.78, 5) is 27.5. The molecule has 0 radical (unpaired) electrons. The molecular formula is C27H38N4O3S. The fourth-order valence-corrected chi connectivity index (χ4v) is 4.70. The minimum atomic E-state index is -0.745. The van der Waals surface area contributed by atoms with Gasteiger partial charge in [-0.3, -0.25) is 9.59 Å². The van der Waals surface area contributed by atoms with Crippen LogP contribution in [0.25, 0.3) is 0 Å². The molecule has 35 heavy (non-hydrogen) atoms. The van der Waals surface area contributed by atoms with Crippen LogP contribution < -0.4 is 20.9 Å². The SMILES string of the molecule is CCNc1cc(C(=O)N[C@@H](Cc2ccccc2)[C@H](O)CNCCCSC)cc(N2CCCC2=O)c1. The molecule has 2 atom stereocenters. The molecule has 1 saturated heterocycles. The molecule has 1 heterocycles. The summed E-state index contributed by atoms with van der Waals surface area (Å²) in [5.41, 5.74) is 3.04. The summed E-state index contributed by atoms with van der Waals surface area (Å²) in [5.74, 6) is 0.881. The van der Waals surface area contributed by atoms with Crippen molar-refractivity contribution in [3.05, 3.63) is 59.7 Å². The van der Waals surface area contributed by atoms with Crippen LogP contribution in [0.1, 0.15) is 42.1 Å². The van der Waals surface area contributed by atoms with E-state index in [4.69, 9.17) is 0 Å². The van der Waals surface area contributed by atoms with Gasteiger partial charge in [0.25, 0.3) is 5.91 Å². The Morgan fingerprint density at radius 2 is 2.00 bits per heavy atom. The summed E-state index contributed by atoms with van der Waals surface area (Å²) in [6, 6.07) is 14.9. The maximum atomic E-state index is 13.4. The van der Waals surface area contributed by atoms with Crippen LogP contribution in [0.3, 0.4) is 0 Å². The second kappa shape index (κ2) is 14.1. The topological polar surface area (TPSA) is 93.7 Å². The molecule has 8 heteroatoms. The van der Waals surface area contributed by atoms with Crippen LogP contribution in [0.15, 0.2) is 48.5 Å². The Labute approximate surface area is 213 Å². The van der Waals surface area contributed by atoms with Gasteiger partial charge in [-0.1, -0.05) is 30.3 Å². The molecule has 2 aromatic carbocycles. The van der Waals surface area contributed by atoms with Crippen molar-refractivity contribution >= 4 is 35.0 Å². The monoisotopic (exact) mass is 498 g/mol. The highest BCUT2D eigenvalue weighted by Crippen LogP contribution is 2.27. The smallest absolute Gasteiger partial charge is 0.251 e. The zero-order valence-corrected chi connectivity index (χ0v) is 21.6. The lowest BCUT2D eigenvalue weighted by Gasteiger charge is -2.25. The summed E-state index contributed by atoms with van der Waals surface area (Å²) in [5, 5.41) is 20.6. The average Bonchev–Trinajstić information content (AvgIpc) is 3.30. The first-order valence-corrected chi connectivity index (χ1v) is 13.8. The van der Waals surface area contributed by atoms with Crippen molar-refractivity contribution in [1.29, 1.82) is 0 Å². The first-order valence-electron chi connectivity index (χ1n) is 12.4. The number of hydrogen-bond donors (Lipinski definition) is 4. The lowest BCUT2D eigenvalue weighted by molar-refractivity contribution is -0.117. The van der Waals surface area contributed by atoms with E-state index < -0.39 is 12.1 Å². The Bertz CT molecular complexity index is 957. The van der Waals surface area contributed by atoms with Gasteiger partial charge in [0.05, 0.1) is 12.1 Å². The van der Waals surface area contributed by atoms with Crippen molar-refractivity contribution in [3.8, 4) is 0 Å². The minimum absolute atomic E-state index is 0.0786. The van der Waals surface area contributed by atoms with E-state index in [9.17, 15) is 14.7 Å². The fraction of sp³-hybridized carbons (Fsp3) is 0.481. The number of aliphatic hydroxyl groups excluding tert-OH is 1. The molecule has 0 spiro atoms. The molecule has 0 bridgehead atoms. The predicted molar refractivity (Wildman–Crippen MR) is 145 cm³/mol. The first kappa shape index (κ1) is 27.0. The third-order valence-corrected chi connectivity index (χ3v) is 6.78. The Morgan fingerprint density at radius 1 is 1.20 bits per heavy atom. The molecule has 3 rings (SSSR count). The molecule has 1 aliphatic heterocycles. The normalized spacial score (nSPS) is 15.2. The second-order valence-corrected chi connectivity index (χ2v) is 9.82. The molecule has 7 nitrogen and oxygen atoms in total. The van der Waals surface area contributed by atoms with Crippen molar-refractivity contribution < 1.29 is 14.7 Å². The van der Waals surface area contributed by atoms with Crippen molar-refractivity contribution in [2.24, 2.45) is 0 Å². The van der Waals surface area contributed by atoms with E-state index in [-0.39, 0.29) is 11.8 Å². The van der Waals surface area contributed by atoms with Gasteiger partial charge >= 0.3 is 0 Å². The lowest BCUT2D eigenvalue weighted by Crippen LogP contribution is -2.49. The second-order valence-electron chi connectivity index (χ2n) is 8.84. The van der Waals surface area contributed by atoms with E-state index in [1.54, 1.807) is 28.8 Å². The maximum Gasteiger partial charge on any atom is 0.251 e. The molecular weight excluding hydrogens is 460 g/mol. The van der Waals surface area contributed by atoms with Crippen molar-refractivity contribution in [2.45, 2.75) is 44.8 Å². The van der Waals surface area contributed by atoms with Gasteiger partial charge in [-0.15, -0.1) is 0 Å². The Balaban J connectivity index is 1.77. The summed E-state index contributed by atoms with van der Waals surface area (Å²) in [7, 11) is 0. The highest BCUT2D eigenvalue weighted by Gasteiger charge is 2.25. The highest BCUT2D eigenvalue weighted by molar-refractivity contribution is 7.98. The number of amides is 2. The minimum Gasteiger partial charge on any atom is -0.390 e. The van der Waals surface area contributed by atoms with Crippen LogP contribution in [0, 0.1) is 0 Å². The number of carbonyl (C=O) groups is 2. The number of nitrogens with one attached hydrogen (secondary N) is 3. The molecule has 1 fully saturated rings. The van der Waals surface area contributed by atoms with Gasteiger partial charge in [0.1, 0.15) is 0 Å². The van der Waals surface area contributed by atoms with Gasteiger partial charge in [-0.05, 0) is 68.5 Å². The van der Waals surface area contributed by atoms with Crippen LogP contribution in [0.4, 0.5) is 11.4 Å². The number of hydrogen-bond acceptors (Lipinski definition) is 6. The van der Waals surface area contributed by atoms with Crippen LogP contribution >= 0.6 is 11.8 Å². The summed E-state index contributed by atoms with van der Waals surface area (Å²) < 4.78 is 0. The largest absolute Gasteiger partial charge is 0.390 e. The molecule has 2 amide bonds. The zero-order valence-electron chi connectivity index (χ0n) is 20.8. The molecule has 190 valence electrons. The van der Waals surface area contributed by atoms with E-state index in [2.05, 4.69) is 22.2 Å². The Hall–Kier alpha value is -2.55. The molecule has 0 aromatic heterocycles. The number of rotatable bonds is 14. The lowest BCUT2D eigenvalue weighted by atomic mass is 10.00. The molecule has 4 N–H and O–H groups in total. The Morgan fingerprint density at radius 3 is 2.69 bits per heavy atom. The molecule has 2 aromatic rings. The highest BCUT2D eigenvalue weighted by atomic mass is 32.2. The van der Waals surface area contributed by atoms with Gasteiger partial charge in [-0.25, -0.2) is 0 Å². The van der Waals surface area contributed by atoms with E-state index in [1.807, 2.05) is 43.3 Å². The van der Waals surface area contributed by atoms with Crippen LogP contribution in [-0.2, 0) is 11.2 Å². The van der Waals surface area contributed by atoms with Gasteiger partial charge in [0, 0.05) is 43.0 Å². The van der Waals surface area contributed by atoms with Crippen LogP contribution in [0.2, 0.25) is 0 Å². The van der Waals surface area contributed by atoms with Crippen molar-refractivity contribution in [3.63, 3.8) is 0 Å². The summed E-state index contributed by atoms with van der Waals surface area (Å²) in [6.45, 7) is 4.58. The summed E-state index contributed by atoms with van der Waals surface area (Å²) in [6.07, 6.45) is 4.23. The first-order chi connectivity index (χ1) is 17.0. The standard InChI is InChI=1S/C27H38N4O3S/c1-3-29-22-16-21(17-23(18-22)31-13-7-11-26(31)33)27(34)30-24(15-20-9-5-4-6-10-20)25(32)19-28-12-8-14-35-2/h4-6,9-10,16-18,24-25,28-29,32H,3,7-8,11-15,19H2,1-2H3,(H,30,34)/t24-,25+/m0/s1. The Kier molecular flexibility index (Phi) is 10.9. The molecule has 0 aliphatic carbocycles. The van der Waals surface area contributed by atoms with E-state index in [0.29, 0.717) is 38.0 Å². The van der Waals surface area contributed by atoms with Gasteiger partial charge in [-0.2, -0.15) is 11.8 Å². The van der Waals surface area contributed by atoms with Gasteiger partial charge < -0.3 is 26.0 Å². The quantitative estimate of drug-likeness (QED) is 0.299. The average molecular weight is 499 g/mol. The van der Waals surface area contributed by atoms with Gasteiger partial charge in [0.2, 0.25) is 5.91 Å². The van der Waals surface area contributed by atoms with E-state index >= 15 is 0 Å². The number of thioether (sulfide) groups is 1. The number of benzene rings is 2. The number of nitrogens with zero attached hydrogens (tertiary/aromatic N) is 1. The van der Waals surface area contributed by atoms with Crippen LogP contribution in [0.5, 0.6) is 0 Å². The molecule has 0 saturated carbocycles. The van der Waals surface area contributed by atoms with E-state index in [1.165, 1.54) is 0 Å². The number of aliphatic hydroxyl groups is 1. The zero-order chi connectivity index (χ0) is 25.0.